The maximum absolute atomic E-state index is 12.7. The largest absolute Gasteiger partial charge is 0.482 e. The molecule has 4 rings (SSSR count). The third-order valence-corrected chi connectivity index (χ3v) is 5.93. The van der Waals surface area contributed by atoms with Crippen LogP contribution in [0.5, 0.6) is 5.75 Å². The topological polar surface area (TPSA) is 123 Å². The predicted molar refractivity (Wildman–Crippen MR) is 109 cm³/mol. The molecule has 0 saturated carbocycles. The lowest BCUT2D eigenvalue weighted by molar-refractivity contribution is -0.384. The van der Waals surface area contributed by atoms with Gasteiger partial charge in [0.05, 0.1) is 30.4 Å². The van der Waals surface area contributed by atoms with Gasteiger partial charge in [0, 0.05) is 50.3 Å². The van der Waals surface area contributed by atoms with E-state index in [2.05, 4.69) is 10.2 Å². The van der Waals surface area contributed by atoms with Gasteiger partial charge in [0.25, 0.3) is 11.6 Å². The van der Waals surface area contributed by atoms with E-state index in [-0.39, 0.29) is 36.5 Å². The first-order valence-corrected chi connectivity index (χ1v) is 10.4. The Morgan fingerprint density at radius 1 is 1.26 bits per heavy atom. The highest BCUT2D eigenvalue weighted by atomic mass is 16.6. The normalized spacial score (nSPS) is 22.5. The third kappa shape index (κ3) is 4.94. The standard InChI is InChI=1S/C20H26N4O7/c25-19(21-10-17(14-3-6-30-12-14)22-4-7-29-8-5-22)11-23-16-9-15(24(27)28)1-2-18(16)31-13-20(23)26/h1-2,9,14,17H,3-8,10-13H2,(H,21,25). The summed E-state index contributed by atoms with van der Waals surface area (Å²) in [5, 5.41) is 14.1. The minimum Gasteiger partial charge on any atom is -0.482 e. The Labute approximate surface area is 179 Å². The second-order valence-corrected chi connectivity index (χ2v) is 7.82. The van der Waals surface area contributed by atoms with Gasteiger partial charge in [-0.15, -0.1) is 0 Å². The molecule has 3 heterocycles. The molecule has 2 atom stereocenters. The number of nitrogens with one attached hydrogen (secondary N) is 1. The number of carbonyl (C=O) groups excluding carboxylic acids is 2. The Morgan fingerprint density at radius 3 is 2.77 bits per heavy atom. The van der Waals surface area contributed by atoms with Gasteiger partial charge < -0.3 is 19.5 Å². The van der Waals surface area contributed by atoms with E-state index in [0.717, 1.165) is 26.1 Å². The molecule has 2 fully saturated rings. The molecule has 2 saturated heterocycles. The summed E-state index contributed by atoms with van der Waals surface area (Å²) in [5.41, 5.74) is 0.0607. The van der Waals surface area contributed by atoms with Gasteiger partial charge in [0.15, 0.2) is 6.61 Å². The van der Waals surface area contributed by atoms with Crippen LogP contribution >= 0.6 is 0 Å². The quantitative estimate of drug-likeness (QED) is 0.476. The smallest absolute Gasteiger partial charge is 0.271 e. The maximum Gasteiger partial charge on any atom is 0.271 e. The summed E-state index contributed by atoms with van der Waals surface area (Å²) in [4.78, 5) is 39.2. The zero-order valence-electron chi connectivity index (χ0n) is 17.2. The number of nitro benzene ring substituents is 1. The van der Waals surface area contributed by atoms with Crippen molar-refractivity contribution < 1.29 is 28.7 Å². The fraction of sp³-hybridized carbons (Fsp3) is 0.600. The number of fused-ring (bicyclic) bond motifs is 1. The number of nitro groups is 1. The molecule has 3 aliphatic rings. The molecular weight excluding hydrogens is 408 g/mol. The first kappa shape index (κ1) is 21.5. The average Bonchev–Trinajstić information content (AvgIpc) is 3.31. The molecule has 11 heteroatoms. The van der Waals surface area contributed by atoms with Gasteiger partial charge in [-0.2, -0.15) is 0 Å². The Bertz CT molecular complexity index is 837. The average molecular weight is 434 g/mol. The lowest BCUT2D eigenvalue weighted by Gasteiger charge is -2.37. The van der Waals surface area contributed by atoms with E-state index in [9.17, 15) is 19.7 Å². The molecule has 2 unspecified atom stereocenters. The number of morpholine rings is 1. The summed E-state index contributed by atoms with van der Waals surface area (Å²) in [6.07, 6.45) is 0.941. The number of amides is 2. The van der Waals surface area contributed by atoms with E-state index >= 15 is 0 Å². The fourth-order valence-corrected chi connectivity index (χ4v) is 4.25. The van der Waals surface area contributed by atoms with Crippen molar-refractivity contribution in [3.05, 3.63) is 28.3 Å². The molecule has 1 N–H and O–H groups in total. The monoisotopic (exact) mass is 434 g/mol. The van der Waals surface area contributed by atoms with E-state index < -0.39 is 10.8 Å². The molecule has 0 bridgehead atoms. The summed E-state index contributed by atoms with van der Waals surface area (Å²) < 4.78 is 16.3. The maximum atomic E-state index is 12.7. The number of nitrogens with zero attached hydrogens (tertiary/aromatic N) is 3. The number of rotatable bonds is 7. The van der Waals surface area contributed by atoms with Crippen LogP contribution in [0.2, 0.25) is 0 Å². The molecule has 0 spiro atoms. The van der Waals surface area contributed by atoms with Crippen LogP contribution < -0.4 is 15.0 Å². The van der Waals surface area contributed by atoms with Crippen molar-refractivity contribution in [1.29, 1.82) is 0 Å². The van der Waals surface area contributed by atoms with Gasteiger partial charge >= 0.3 is 0 Å². The molecule has 0 aromatic heterocycles. The van der Waals surface area contributed by atoms with Crippen molar-refractivity contribution >= 4 is 23.2 Å². The minimum atomic E-state index is -0.547. The number of ether oxygens (including phenoxy) is 3. The van der Waals surface area contributed by atoms with Crippen molar-refractivity contribution in [3.8, 4) is 5.75 Å². The summed E-state index contributed by atoms with van der Waals surface area (Å²) in [7, 11) is 0. The number of non-ortho nitro benzene ring substituents is 1. The van der Waals surface area contributed by atoms with Crippen molar-refractivity contribution in [3.63, 3.8) is 0 Å². The minimum absolute atomic E-state index is 0.129. The van der Waals surface area contributed by atoms with E-state index in [0.29, 0.717) is 38.0 Å². The van der Waals surface area contributed by atoms with E-state index in [1.807, 2.05) is 0 Å². The molecule has 31 heavy (non-hydrogen) atoms. The van der Waals surface area contributed by atoms with Crippen LogP contribution in [0.15, 0.2) is 18.2 Å². The van der Waals surface area contributed by atoms with Gasteiger partial charge in [-0.05, 0) is 12.5 Å². The Morgan fingerprint density at radius 2 is 2.06 bits per heavy atom. The molecule has 168 valence electrons. The zero-order chi connectivity index (χ0) is 21.8. The highest BCUT2D eigenvalue weighted by molar-refractivity contribution is 6.02. The lowest BCUT2D eigenvalue weighted by Crippen LogP contribution is -2.53. The van der Waals surface area contributed by atoms with Crippen molar-refractivity contribution in [2.24, 2.45) is 5.92 Å². The number of carbonyl (C=O) groups is 2. The summed E-state index contributed by atoms with van der Waals surface area (Å²) in [6.45, 7) is 4.31. The van der Waals surface area contributed by atoms with Crippen LogP contribution in [-0.4, -0.2) is 86.9 Å². The molecule has 1 aromatic rings. The number of benzene rings is 1. The van der Waals surface area contributed by atoms with Crippen LogP contribution in [0.1, 0.15) is 6.42 Å². The van der Waals surface area contributed by atoms with Gasteiger partial charge in [-0.1, -0.05) is 0 Å². The van der Waals surface area contributed by atoms with E-state index in [1.165, 1.54) is 23.1 Å². The fourth-order valence-electron chi connectivity index (χ4n) is 4.25. The van der Waals surface area contributed by atoms with Gasteiger partial charge in [-0.25, -0.2) is 0 Å². The first-order valence-electron chi connectivity index (χ1n) is 10.4. The van der Waals surface area contributed by atoms with Crippen molar-refractivity contribution in [2.45, 2.75) is 12.5 Å². The number of hydrogen-bond donors (Lipinski definition) is 1. The third-order valence-electron chi connectivity index (χ3n) is 5.93. The number of anilines is 1. The van der Waals surface area contributed by atoms with Crippen LogP contribution in [0.3, 0.4) is 0 Å². The van der Waals surface area contributed by atoms with Crippen molar-refractivity contribution in [1.82, 2.24) is 10.2 Å². The van der Waals surface area contributed by atoms with Crippen LogP contribution in [0, 0.1) is 16.0 Å². The van der Waals surface area contributed by atoms with Gasteiger partial charge in [-0.3, -0.25) is 29.5 Å². The highest BCUT2D eigenvalue weighted by Gasteiger charge is 2.33. The molecule has 11 nitrogen and oxygen atoms in total. The van der Waals surface area contributed by atoms with Gasteiger partial charge in [0.1, 0.15) is 12.3 Å². The van der Waals surface area contributed by atoms with E-state index in [1.54, 1.807) is 0 Å². The summed E-state index contributed by atoms with van der Waals surface area (Å²) in [5.74, 6) is -0.0824. The molecule has 3 aliphatic heterocycles. The van der Waals surface area contributed by atoms with E-state index in [4.69, 9.17) is 14.2 Å². The second kappa shape index (κ2) is 9.58. The van der Waals surface area contributed by atoms with Crippen molar-refractivity contribution in [2.75, 3.05) is 64.1 Å². The Balaban J connectivity index is 1.42. The van der Waals surface area contributed by atoms with Crippen LogP contribution in [-0.2, 0) is 19.1 Å². The van der Waals surface area contributed by atoms with Gasteiger partial charge in [0.2, 0.25) is 5.91 Å². The zero-order valence-corrected chi connectivity index (χ0v) is 17.2. The van der Waals surface area contributed by atoms with Crippen LogP contribution in [0.4, 0.5) is 11.4 Å². The Kier molecular flexibility index (Phi) is 6.64. The molecule has 1 aromatic carbocycles. The van der Waals surface area contributed by atoms with Crippen LogP contribution in [0.25, 0.3) is 0 Å². The molecule has 0 radical (unpaired) electrons. The SMILES string of the molecule is O=C(CN1C(=O)COc2ccc([N+](=O)[O-])cc21)NCC(C1CCOC1)N1CCOCC1. The molecule has 2 amide bonds. The first-order chi connectivity index (χ1) is 15.0. The second-order valence-electron chi connectivity index (χ2n) is 7.82. The molecule has 0 aliphatic carbocycles. The molecular formula is C20H26N4O7. The lowest BCUT2D eigenvalue weighted by atomic mass is 9.97. The summed E-state index contributed by atoms with van der Waals surface area (Å²) in [6, 6.07) is 4.14. The number of hydrogen-bond acceptors (Lipinski definition) is 8. The highest BCUT2D eigenvalue weighted by Crippen LogP contribution is 2.35. The Hall–Kier alpha value is -2.76. The summed E-state index contributed by atoms with van der Waals surface area (Å²) >= 11 is 0. The predicted octanol–water partition coefficient (Wildman–Crippen LogP) is 0.174.